The van der Waals surface area contributed by atoms with Gasteiger partial charge in [0.2, 0.25) is 5.91 Å². The number of hydrogen-bond acceptors (Lipinski definition) is 5. The van der Waals surface area contributed by atoms with Crippen LogP contribution in [0.3, 0.4) is 0 Å². The maximum atomic E-state index is 11.5. The summed E-state index contributed by atoms with van der Waals surface area (Å²) in [5, 5.41) is 12.8. The molecule has 2 amide bonds. The van der Waals surface area contributed by atoms with Gasteiger partial charge in [-0.25, -0.2) is 4.79 Å². The molecular formula is C11H17N3O3S. The zero-order valence-corrected chi connectivity index (χ0v) is 11.1. The highest BCUT2D eigenvalue weighted by Gasteiger charge is 2.17. The maximum Gasteiger partial charge on any atom is 0.407 e. The first kappa shape index (κ1) is 16.3. The molecule has 18 heavy (non-hydrogen) atoms. The van der Waals surface area contributed by atoms with E-state index < -0.39 is 11.3 Å². The lowest BCUT2D eigenvalue weighted by atomic mass is 10.4. The molecule has 0 aromatic rings. The lowest BCUT2D eigenvalue weighted by molar-refractivity contribution is -0.120. The van der Waals surface area contributed by atoms with Crippen molar-refractivity contribution in [3.63, 3.8) is 0 Å². The number of rotatable bonds is 8. The second-order valence-electron chi connectivity index (χ2n) is 3.19. The topological polar surface area (TPSA) is 91.2 Å². The molecule has 0 aromatic carbocycles. The summed E-state index contributed by atoms with van der Waals surface area (Å²) in [6.07, 6.45) is 3.42. The van der Waals surface area contributed by atoms with E-state index in [2.05, 4.69) is 17.2 Å². The molecule has 2 N–H and O–H groups in total. The molecule has 0 radical (unpaired) electrons. The molecule has 1 unspecified atom stereocenters. The molecule has 0 aliphatic heterocycles. The summed E-state index contributed by atoms with van der Waals surface area (Å²) in [7, 11) is 0. The average Bonchev–Trinajstić information content (AvgIpc) is 2.37. The molecule has 100 valence electrons. The standard InChI is InChI=1S/C11H17N3O3S/c1-3-4-7-17-11(16)14-8-9(18-2)10(15)13-6-5-12/h3,9H,1,4,6-8H2,2H3,(H,13,15)(H,14,16). The Hall–Kier alpha value is -1.68. The summed E-state index contributed by atoms with van der Waals surface area (Å²) in [5.74, 6) is -0.282. The van der Waals surface area contributed by atoms with Gasteiger partial charge < -0.3 is 15.4 Å². The fourth-order valence-electron chi connectivity index (χ4n) is 0.986. The van der Waals surface area contributed by atoms with Crippen molar-refractivity contribution in [3.05, 3.63) is 12.7 Å². The van der Waals surface area contributed by atoms with Crippen LogP contribution in [0.2, 0.25) is 0 Å². The monoisotopic (exact) mass is 271 g/mol. The van der Waals surface area contributed by atoms with E-state index in [1.54, 1.807) is 12.3 Å². The number of nitriles is 1. The van der Waals surface area contributed by atoms with Gasteiger partial charge >= 0.3 is 6.09 Å². The summed E-state index contributed by atoms with van der Waals surface area (Å²) in [6, 6.07) is 1.81. The third kappa shape index (κ3) is 7.57. The minimum atomic E-state index is -0.566. The third-order valence-electron chi connectivity index (χ3n) is 1.91. The molecular weight excluding hydrogens is 254 g/mol. The molecule has 7 heteroatoms. The van der Waals surface area contributed by atoms with Gasteiger partial charge in [0.15, 0.2) is 0 Å². The molecule has 0 saturated carbocycles. The number of amides is 2. The lowest BCUT2D eigenvalue weighted by Crippen LogP contribution is -2.41. The first-order valence-corrected chi connectivity index (χ1v) is 6.63. The number of alkyl carbamates (subject to hydrolysis) is 1. The number of nitrogens with one attached hydrogen (secondary N) is 2. The van der Waals surface area contributed by atoms with Gasteiger partial charge in [0.25, 0.3) is 0 Å². The van der Waals surface area contributed by atoms with E-state index in [1.165, 1.54) is 11.8 Å². The van der Waals surface area contributed by atoms with E-state index in [0.29, 0.717) is 6.42 Å². The van der Waals surface area contributed by atoms with Crippen LogP contribution in [0.5, 0.6) is 0 Å². The summed E-state index contributed by atoms with van der Waals surface area (Å²) >= 11 is 1.29. The highest BCUT2D eigenvalue weighted by molar-refractivity contribution is 7.99. The van der Waals surface area contributed by atoms with Crippen molar-refractivity contribution < 1.29 is 14.3 Å². The number of carbonyl (C=O) groups excluding carboxylic acids is 2. The van der Waals surface area contributed by atoms with E-state index in [4.69, 9.17) is 10.00 Å². The van der Waals surface area contributed by atoms with Gasteiger partial charge in [-0.15, -0.1) is 6.58 Å². The Labute approximate surface area is 111 Å². The van der Waals surface area contributed by atoms with Crippen molar-refractivity contribution in [2.75, 3.05) is 26.0 Å². The molecule has 0 aliphatic carbocycles. The van der Waals surface area contributed by atoms with E-state index >= 15 is 0 Å². The van der Waals surface area contributed by atoms with Gasteiger partial charge in [-0.1, -0.05) is 6.08 Å². The average molecular weight is 271 g/mol. The summed E-state index contributed by atoms with van der Waals surface area (Å²) in [5.41, 5.74) is 0. The molecule has 0 rings (SSSR count). The van der Waals surface area contributed by atoms with Crippen LogP contribution < -0.4 is 10.6 Å². The Morgan fingerprint density at radius 1 is 1.56 bits per heavy atom. The fourth-order valence-corrected chi connectivity index (χ4v) is 1.53. The van der Waals surface area contributed by atoms with Gasteiger partial charge in [-0.3, -0.25) is 4.79 Å². The number of carbonyl (C=O) groups is 2. The number of hydrogen-bond donors (Lipinski definition) is 2. The minimum absolute atomic E-state index is 0.0420. The molecule has 1 atom stereocenters. The van der Waals surface area contributed by atoms with Crippen LogP contribution in [0.15, 0.2) is 12.7 Å². The van der Waals surface area contributed by atoms with Crippen LogP contribution >= 0.6 is 11.8 Å². The number of ether oxygens (including phenoxy) is 1. The normalized spacial score (nSPS) is 10.9. The van der Waals surface area contributed by atoms with Gasteiger partial charge in [0, 0.05) is 6.54 Å². The first-order chi connectivity index (χ1) is 8.65. The van der Waals surface area contributed by atoms with Crippen molar-refractivity contribution in [1.29, 1.82) is 5.26 Å². The van der Waals surface area contributed by atoms with Gasteiger partial charge in [0.05, 0.1) is 12.7 Å². The second-order valence-corrected chi connectivity index (χ2v) is 4.23. The predicted octanol–water partition coefficient (Wildman–Crippen LogP) is 0.660. The summed E-state index contributed by atoms with van der Waals surface area (Å²) < 4.78 is 4.82. The SMILES string of the molecule is C=CCCOC(=O)NCC(SC)C(=O)NCC#N. The highest BCUT2D eigenvalue weighted by atomic mass is 32.2. The van der Waals surface area contributed by atoms with Crippen LogP contribution in [0.1, 0.15) is 6.42 Å². The molecule has 0 fully saturated rings. The summed E-state index contributed by atoms with van der Waals surface area (Å²) in [4.78, 5) is 22.7. The Morgan fingerprint density at radius 3 is 2.83 bits per heavy atom. The Kier molecular flexibility index (Phi) is 9.50. The maximum absolute atomic E-state index is 11.5. The van der Waals surface area contributed by atoms with E-state index in [9.17, 15) is 9.59 Å². The Balaban J connectivity index is 3.92. The van der Waals surface area contributed by atoms with Crippen molar-refractivity contribution in [1.82, 2.24) is 10.6 Å². The van der Waals surface area contributed by atoms with Gasteiger partial charge in [-0.05, 0) is 12.7 Å². The van der Waals surface area contributed by atoms with Crippen LogP contribution in [0.25, 0.3) is 0 Å². The van der Waals surface area contributed by atoms with E-state index in [-0.39, 0.29) is 25.6 Å². The second kappa shape index (κ2) is 10.5. The van der Waals surface area contributed by atoms with Crippen LogP contribution in [0.4, 0.5) is 4.79 Å². The fraction of sp³-hybridized carbons (Fsp3) is 0.545. The van der Waals surface area contributed by atoms with Gasteiger partial charge in [-0.2, -0.15) is 17.0 Å². The van der Waals surface area contributed by atoms with Gasteiger partial charge in [0.1, 0.15) is 11.8 Å². The Morgan fingerprint density at radius 2 is 2.28 bits per heavy atom. The molecule has 0 heterocycles. The molecule has 6 nitrogen and oxygen atoms in total. The predicted molar refractivity (Wildman–Crippen MR) is 70.1 cm³/mol. The summed E-state index contributed by atoms with van der Waals surface area (Å²) in [6.45, 7) is 3.88. The van der Waals surface area contributed by atoms with Crippen LogP contribution in [0, 0.1) is 11.3 Å². The first-order valence-electron chi connectivity index (χ1n) is 5.34. The number of thioether (sulfide) groups is 1. The largest absolute Gasteiger partial charge is 0.449 e. The van der Waals surface area contributed by atoms with Crippen molar-refractivity contribution in [3.8, 4) is 6.07 Å². The zero-order valence-electron chi connectivity index (χ0n) is 10.3. The Bertz CT molecular complexity index is 328. The molecule has 0 aromatic heterocycles. The van der Waals surface area contributed by atoms with Crippen molar-refractivity contribution in [2.45, 2.75) is 11.7 Å². The van der Waals surface area contributed by atoms with Crippen molar-refractivity contribution >= 4 is 23.8 Å². The smallest absolute Gasteiger partial charge is 0.407 e. The lowest BCUT2D eigenvalue weighted by Gasteiger charge is -2.14. The molecule has 0 saturated heterocycles. The van der Waals surface area contributed by atoms with Crippen LogP contribution in [-0.4, -0.2) is 43.2 Å². The zero-order chi connectivity index (χ0) is 13.8. The van der Waals surface area contributed by atoms with E-state index in [0.717, 1.165) is 0 Å². The van der Waals surface area contributed by atoms with Crippen molar-refractivity contribution in [2.24, 2.45) is 0 Å². The molecule has 0 bridgehead atoms. The molecule has 0 spiro atoms. The quantitative estimate of drug-likeness (QED) is 0.384. The highest BCUT2D eigenvalue weighted by Crippen LogP contribution is 2.05. The molecule has 0 aliphatic rings. The third-order valence-corrected chi connectivity index (χ3v) is 2.86. The number of nitrogens with zero attached hydrogens (tertiary/aromatic N) is 1. The minimum Gasteiger partial charge on any atom is -0.449 e. The van der Waals surface area contributed by atoms with Crippen LogP contribution in [-0.2, 0) is 9.53 Å². The van der Waals surface area contributed by atoms with E-state index in [1.807, 2.05) is 6.07 Å².